The molecule has 1 N–H and O–H groups in total. The van der Waals surface area contributed by atoms with E-state index in [9.17, 15) is 5.11 Å². The van der Waals surface area contributed by atoms with Gasteiger partial charge in [-0.25, -0.2) is 0 Å². The Morgan fingerprint density at radius 1 is 1.06 bits per heavy atom. The van der Waals surface area contributed by atoms with Gasteiger partial charge in [-0.2, -0.15) is 0 Å². The highest BCUT2D eigenvalue weighted by Gasteiger charge is 2.37. The number of hydrogen-bond acceptors (Lipinski definition) is 2. The van der Waals surface area contributed by atoms with Crippen LogP contribution < -0.4 is 0 Å². The molecule has 0 amide bonds. The zero-order valence-corrected chi connectivity index (χ0v) is 14.4. The van der Waals surface area contributed by atoms with Crippen molar-refractivity contribution in [1.82, 2.24) is 0 Å². The number of rotatable bonds is 9. The van der Waals surface area contributed by atoms with Gasteiger partial charge in [-0.3, -0.25) is 0 Å². The highest BCUT2D eigenvalue weighted by atomic mass is 28.4. The molecule has 0 radical (unpaired) electrons. The molecule has 0 saturated heterocycles. The zero-order valence-electron chi connectivity index (χ0n) is 13.4. The van der Waals surface area contributed by atoms with Crippen LogP contribution in [0.25, 0.3) is 0 Å². The van der Waals surface area contributed by atoms with E-state index in [1.54, 1.807) is 0 Å². The normalized spacial score (nSPS) is 14.8. The number of hydrogen-bond donors (Lipinski definition) is 1. The van der Waals surface area contributed by atoms with Crippen LogP contribution in [0.5, 0.6) is 0 Å². The summed E-state index contributed by atoms with van der Waals surface area (Å²) in [6.07, 6.45) is 6.87. The molecule has 0 saturated carbocycles. The predicted octanol–water partition coefficient (Wildman–Crippen LogP) is 4.73. The molecule has 18 heavy (non-hydrogen) atoms. The molecular weight excluding hydrogens is 240 g/mol. The molecule has 0 aliphatic rings. The minimum atomic E-state index is -1.69. The quantitative estimate of drug-likeness (QED) is 0.486. The van der Waals surface area contributed by atoms with E-state index in [1.807, 2.05) is 0 Å². The Morgan fingerprint density at radius 2 is 1.61 bits per heavy atom. The van der Waals surface area contributed by atoms with Crippen LogP contribution in [0.3, 0.4) is 0 Å². The second-order valence-corrected chi connectivity index (χ2v) is 11.7. The summed E-state index contributed by atoms with van der Waals surface area (Å²) in [6.45, 7) is 13.9. The molecule has 0 rings (SSSR count). The monoisotopic (exact) mass is 274 g/mol. The van der Waals surface area contributed by atoms with E-state index in [0.29, 0.717) is 6.61 Å². The summed E-state index contributed by atoms with van der Waals surface area (Å²) >= 11 is 0. The van der Waals surface area contributed by atoms with Crippen molar-refractivity contribution in [3.8, 4) is 0 Å². The fourth-order valence-electron chi connectivity index (χ4n) is 1.59. The molecule has 0 spiro atoms. The van der Waals surface area contributed by atoms with Gasteiger partial charge in [0, 0.05) is 0 Å². The fraction of sp³-hybridized carbons (Fsp3) is 1.00. The van der Waals surface area contributed by atoms with Crippen LogP contribution in [0.1, 0.15) is 66.2 Å². The average molecular weight is 275 g/mol. The molecule has 0 aliphatic carbocycles. The lowest BCUT2D eigenvalue weighted by molar-refractivity contribution is 0.0905. The topological polar surface area (TPSA) is 29.5 Å². The van der Waals surface area contributed by atoms with Crippen molar-refractivity contribution in [2.75, 3.05) is 6.61 Å². The minimum absolute atomic E-state index is 0.230. The summed E-state index contributed by atoms with van der Waals surface area (Å²) in [5.74, 6) is 0. The molecule has 0 heterocycles. The molecule has 2 nitrogen and oxygen atoms in total. The highest BCUT2D eigenvalue weighted by molar-refractivity contribution is 6.74. The lowest BCUT2D eigenvalue weighted by Gasteiger charge is -2.36. The molecule has 110 valence electrons. The van der Waals surface area contributed by atoms with E-state index in [-0.39, 0.29) is 11.1 Å². The Balaban J connectivity index is 3.73. The maximum atomic E-state index is 9.93. The lowest BCUT2D eigenvalue weighted by Crippen LogP contribution is -2.42. The van der Waals surface area contributed by atoms with Crippen molar-refractivity contribution in [2.45, 2.75) is 90.5 Å². The van der Waals surface area contributed by atoms with Crippen molar-refractivity contribution in [3.05, 3.63) is 0 Å². The molecule has 0 unspecified atom stereocenters. The van der Waals surface area contributed by atoms with Gasteiger partial charge in [0.25, 0.3) is 0 Å². The summed E-state index contributed by atoms with van der Waals surface area (Å²) < 4.78 is 6.02. The number of unbranched alkanes of at least 4 members (excludes halogenated alkanes) is 4. The third-order valence-electron chi connectivity index (χ3n) is 4.08. The first-order valence-electron chi connectivity index (χ1n) is 7.52. The lowest BCUT2D eigenvalue weighted by atomic mass is 10.1. The van der Waals surface area contributed by atoms with E-state index in [0.717, 1.165) is 12.8 Å². The molecule has 3 heteroatoms. The standard InChI is InChI=1S/C15H34O2Si/c1-7-8-9-10-11-12-14(16)13-17-18(5,6)15(2,3)4/h14,16H,7-13H2,1-6H3/t14-/m0/s1. The summed E-state index contributed by atoms with van der Waals surface area (Å²) in [5, 5.41) is 10.2. The second-order valence-electron chi connectivity index (χ2n) is 6.93. The van der Waals surface area contributed by atoms with Gasteiger partial charge in [0.1, 0.15) is 0 Å². The Hall–Kier alpha value is 0.137. The molecule has 1 atom stereocenters. The largest absolute Gasteiger partial charge is 0.414 e. The first-order chi connectivity index (χ1) is 8.20. The van der Waals surface area contributed by atoms with Crippen molar-refractivity contribution < 1.29 is 9.53 Å². The first kappa shape index (κ1) is 18.1. The maximum Gasteiger partial charge on any atom is 0.192 e. The molecule has 0 aromatic carbocycles. The van der Waals surface area contributed by atoms with Gasteiger partial charge in [-0.1, -0.05) is 59.8 Å². The second kappa shape index (κ2) is 8.34. The van der Waals surface area contributed by atoms with Crippen LogP contribution in [0, 0.1) is 0 Å². The minimum Gasteiger partial charge on any atom is -0.414 e. The van der Waals surface area contributed by atoms with Crippen LogP contribution in [0.4, 0.5) is 0 Å². The molecule has 0 aromatic rings. The smallest absolute Gasteiger partial charge is 0.192 e. The van der Waals surface area contributed by atoms with Crippen LogP contribution >= 0.6 is 0 Å². The summed E-state index contributed by atoms with van der Waals surface area (Å²) in [6, 6.07) is 0. The third kappa shape index (κ3) is 7.55. The average Bonchev–Trinajstić information content (AvgIpc) is 2.24. The number of aliphatic hydroxyl groups excluding tert-OH is 1. The Bertz CT molecular complexity index is 209. The highest BCUT2D eigenvalue weighted by Crippen LogP contribution is 2.36. The van der Waals surface area contributed by atoms with Gasteiger partial charge < -0.3 is 9.53 Å². The molecule has 0 aromatic heterocycles. The Morgan fingerprint density at radius 3 is 2.11 bits per heavy atom. The van der Waals surface area contributed by atoms with Gasteiger partial charge in [0.05, 0.1) is 12.7 Å². The molecule has 0 bridgehead atoms. The fourth-order valence-corrected chi connectivity index (χ4v) is 2.63. The maximum absolute atomic E-state index is 9.93. The van der Waals surface area contributed by atoms with E-state index in [2.05, 4.69) is 40.8 Å². The van der Waals surface area contributed by atoms with Crippen LogP contribution in [0.2, 0.25) is 18.1 Å². The molecular formula is C15H34O2Si. The van der Waals surface area contributed by atoms with E-state index < -0.39 is 8.32 Å². The molecule has 0 fully saturated rings. The summed E-state index contributed by atoms with van der Waals surface area (Å²) in [5.41, 5.74) is 0. The summed E-state index contributed by atoms with van der Waals surface area (Å²) in [4.78, 5) is 0. The van der Waals surface area contributed by atoms with Gasteiger partial charge in [-0.15, -0.1) is 0 Å². The van der Waals surface area contributed by atoms with Gasteiger partial charge in [-0.05, 0) is 24.6 Å². The van der Waals surface area contributed by atoms with Crippen molar-refractivity contribution >= 4 is 8.32 Å². The van der Waals surface area contributed by atoms with E-state index in [1.165, 1.54) is 25.7 Å². The van der Waals surface area contributed by atoms with Crippen LogP contribution in [0.15, 0.2) is 0 Å². The number of aliphatic hydroxyl groups is 1. The Labute approximate surface area is 115 Å². The van der Waals surface area contributed by atoms with Gasteiger partial charge in [0.15, 0.2) is 8.32 Å². The summed E-state index contributed by atoms with van der Waals surface area (Å²) in [7, 11) is -1.69. The van der Waals surface area contributed by atoms with Crippen molar-refractivity contribution in [3.63, 3.8) is 0 Å². The van der Waals surface area contributed by atoms with Crippen LogP contribution in [-0.2, 0) is 4.43 Å². The zero-order chi connectivity index (χ0) is 14.2. The van der Waals surface area contributed by atoms with E-state index in [4.69, 9.17) is 4.43 Å². The third-order valence-corrected chi connectivity index (χ3v) is 8.58. The van der Waals surface area contributed by atoms with Crippen molar-refractivity contribution in [1.29, 1.82) is 0 Å². The Kier molecular flexibility index (Phi) is 8.40. The van der Waals surface area contributed by atoms with E-state index >= 15 is 0 Å². The van der Waals surface area contributed by atoms with Gasteiger partial charge in [0.2, 0.25) is 0 Å². The first-order valence-corrected chi connectivity index (χ1v) is 10.4. The molecule has 0 aliphatic heterocycles. The van der Waals surface area contributed by atoms with Crippen LogP contribution in [-0.4, -0.2) is 26.1 Å². The predicted molar refractivity (Wildman–Crippen MR) is 82.5 cm³/mol. The van der Waals surface area contributed by atoms with Crippen molar-refractivity contribution in [2.24, 2.45) is 0 Å². The SMILES string of the molecule is CCCCCCC[C@H](O)CO[Si](C)(C)C(C)(C)C. The van der Waals surface area contributed by atoms with Gasteiger partial charge >= 0.3 is 0 Å².